The highest BCUT2D eigenvalue weighted by molar-refractivity contribution is 6.31. The molecule has 0 radical (unpaired) electrons. The lowest BCUT2D eigenvalue weighted by atomic mass is 10.1. The number of amides is 1. The summed E-state index contributed by atoms with van der Waals surface area (Å²) in [5.41, 5.74) is 2.85. The number of rotatable bonds is 4. The molecule has 2 aromatic carbocycles. The van der Waals surface area contributed by atoms with Crippen LogP contribution in [0.25, 0.3) is 0 Å². The molecule has 1 fully saturated rings. The molecule has 0 aliphatic carbocycles. The molecule has 7 heteroatoms. The molecular weight excluding hydrogens is 369 g/mol. The first-order valence-electron chi connectivity index (χ1n) is 8.63. The Labute approximate surface area is 160 Å². The molecule has 0 N–H and O–H groups in total. The van der Waals surface area contributed by atoms with Gasteiger partial charge in [0.15, 0.2) is 5.82 Å². The predicted molar refractivity (Wildman–Crippen MR) is 99.4 cm³/mol. The second-order valence-corrected chi connectivity index (χ2v) is 7.06. The van der Waals surface area contributed by atoms with E-state index < -0.39 is 5.82 Å². The van der Waals surface area contributed by atoms with Gasteiger partial charge < -0.3 is 9.42 Å². The van der Waals surface area contributed by atoms with E-state index in [0.717, 1.165) is 11.1 Å². The predicted octanol–water partition coefficient (Wildman–Crippen LogP) is 4.28. The summed E-state index contributed by atoms with van der Waals surface area (Å²) in [5.74, 6) is 0.281. The maximum atomic E-state index is 13.4. The first kappa shape index (κ1) is 17.7. The maximum Gasteiger partial charge on any atom is 0.231 e. The van der Waals surface area contributed by atoms with Crippen molar-refractivity contribution in [3.8, 4) is 0 Å². The zero-order valence-electron chi connectivity index (χ0n) is 14.7. The second-order valence-electron chi connectivity index (χ2n) is 6.65. The van der Waals surface area contributed by atoms with Crippen LogP contribution in [0.15, 0.2) is 47.0 Å². The van der Waals surface area contributed by atoms with Crippen molar-refractivity contribution >= 4 is 23.2 Å². The lowest BCUT2D eigenvalue weighted by Gasteiger charge is -2.16. The number of carbonyl (C=O) groups excluding carboxylic acids is 1. The van der Waals surface area contributed by atoms with E-state index in [1.807, 2.05) is 31.2 Å². The third kappa shape index (κ3) is 3.57. The highest BCUT2D eigenvalue weighted by atomic mass is 35.5. The number of hydrogen-bond acceptors (Lipinski definition) is 4. The van der Waals surface area contributed by atoms with Crippen LogP contribution in [0.3, 0.4) is 0 Å². The van der Waals surface area contributed by atoms with E-state index in [2.05, 4.69) is 10.1 Å². The molecule has 1 aliphatic heterocycles. The van der Waals surface area contributed by atoms with E-state index in [9.17, 15) is 9.18 Å². The number of carbonyl (C=O) groups is 1. The van der Waals surface area contributed by atoms with Gasteiger partial charge in [-0.05, 0) is 36.2 Å². The molecule has 0 saturated carbocycles. The van der Waals surface area contributed by atoms with Crippen LogP contribution in [0.2, 0.25) is 5.02 Å². The fraction of sp³-hybridized carbons (Fsp3) is 0.250. The van der Waals surface area contributed by atoms with Crippen molar-refractivity contribution in [1.82, 2.24) is 10.1 Å². The Morgan fingerprint density at radius 2 is 2.11 bits per heavy atom. The average molecular weight is 386 g/mol. The molecule has 1 aromatic heterocycles. The van der Waals surface area contributed by atoms with E-state index >= 15 is 0 Å². The summed E-state index contributed by atoms with van der Waals surface area (Å²) in [5, 5.41) is 4.06. The summed E-state index contributed by atoms with van der Waals surface area (Å²) in [4.78, 5) is 18.5. The third-order valence-corrected chi connectivity index (χ3v) is 5.08. The van der Waals surface area contributed by atoms with Gasteiger partial charge in [0.1, 0.15) is 5.82 Å². The first-order chi connectivity index (χ1) is 13.0. The molecule has 138 valence electrons. The first-order valence-corrected chi connectivity index (χ1v) is 9.01. The van der Waals surface area contributed by atoms with Gasteiger partial charge in [-0.15, -0.1) is 0 Å². The largest absolute Gasteiger partial charge is 0.339 e. The third-order valence-electron chi connectivity index (χ3n) is 4.79. The van der Waals surface area contributed by atoms with E-state index in [1.54, 1.807) is 11.0 Å². The molecular formula is C20H17ClFN3O2. The van der Waals surface area contributed by atoms with Crippen molar-refractivity contribution in [1.29, 1.82) is 0 Å². The number of hydrogen-bond donors (Lipinski definition) is 0. The number of halogens is 2. The zero-order chi connectivity index (χ0) is 19.0. The SMILES string of the molecule is Cc1ccccc1Cc1nc(C2CC(=O)N(c3ccc(F)c(Cl)c3)C2)no1. The van der Waals surface area contributed by atoms with E-state index in [-0.39, 0.29) is 23.3 Å². The number of aromatic nitrogens is 2. The summed E-state index contributed by atoms with van der Waals surface area (Å²) >= 11 is 5.83. The summed E-state index contributed by atoms with van der Waals surface area (Å²) in [7, 11) is 0. The molecule has 3 aromatic rings. The van der Waals surface area contributed by atoms with Gasteiger partial charge in [-0.3, -0.25) is 4.79 Å². The lowest BCUT2D eigenvalue weighted by molar-refractivity contribution is -0.117. The zero-order valence-corrected chi connectivity index (χ0v) is 15.4. The molecule has 5 nitrogen and oxygen atoms in total. The summed E-state index contributed by atoms with van der Waals surface area (Å²) in [6.45, 7) is 2.44. The molecule has 2 heterocycles. The second kappa shape index (κ2) is 7.12. The van der Waals surface area contributed by atoms with Gasteiger partial charge >= 0.3 is 0 Å². The monoisotopic (exact) mass is 385 g/mol. The number of aryl methyl sites for hydroxylation is 1. The van der Waals surface area contributed by atoms with Gasteiger partial charge in [0.25, 0.3) is 0 Å². The normalized spacial score (nSPS) is 16.9. The molecule has 0 spiro atoms. The lowest BCUT2D eigenvalue weighted by Crippen LogP contribution is -2.24. The molecule has 1 saturated heterocycles. The molecule has 1 amide bonds. The van der Waals surface area contributed by atoms with E-state index in [0.29, 0.717) is 30.4 Å². The van der Waals surface area contributed by atoms with Crippen LogP contribution in [-0.4, -0.2) is 22.6 Å². The average Bonchev–Trinajstić information content (AvgIpc) is 3.26. The van der Waals surface area contributed by atoms with Crippen molar-refractivity contribution in [2.75, 3.05) is 11.4 Å². The fourth-order valence-electron chi connectivity index (χ4n) is 3.26. The Kier molecular flexibility index (Phi) is 4.66. The number of anilines is 1. The van der Waals surface area contributed by atoms with E-state index in [4.69, 9.17) is 16.1 Å². The molecule has 0 bridgehead atoms. The van der Waals surface area contributed by atoms with Crippen LogP contribution in [0, 0.1) is 12.7 Å². The Hall–Kier alpha value is -2.73. The van der Waals surface area contributed by atoms with Crippen molar-refractivity contribution < 1.29 is 13.7 Å². The highest BCUT2D eigenvalue weighted by Gasteiger charge is 2.34. The van der Waals surface area contributed by atoms with Gasteiger partial charge in [-0.1, -0.05) is 41.0 Å². The Balaban J connectivity index is 1.50. The van der Waals surface area contributed by atoms with Gasteiger partial charge in [-0.25, -0.2) is 4.39 Å². The van der Waals surface area contributed by atoms with Gasteiger partial charge in [0, 0.05) is 24.6 Å². The van der Waals surface area contributed by atoms with Gasteiger partial charge in [-0.2, -0.15) is 4.98 Å². The molecule has 4 rings (SSSR count). The van der Waals surface area contributed by atoms with Crippen LogP contribution >= 0.6 is 11.6 Å². The molecule has 1 aliphatic rings. The minimum atomic E-state index is -0.511. The van der Waals surface area contributed by atoms with E-state index in [1.165, 1.54) is 12.1 Å². The van der Waals surface area contributed by atoms with Crippen LogP contribution in [0.1, 0.15) is 35.2 Å². The summed E-state index contributed by atoms with van der Waals surface area (Å²) < 4.78 is 18.8. The number of benzene rings is 2. The highest BCUT2D eigenvalue weighted by Crippen LogP contribution is 2.32. The standard InChI is InChI=1S/C20H17ClFN3O2/c1-12-4-2-3-5-13(12)8-18-23-20(24-27-18)14-9-19(26)25(11-14)15-6-7-17(22)16(21)10-15/h2-7,10,14H,8-9,11H2,1H3. The Morgan fingerprint density at radius 1 is 1.30 bits per heavy atom. The summed E-state index contributed by atoms with van der Waals surface area (Å²) in [6, 6.07) is 12.3. The van der Waals surface area contributed by atoms with Crippen molar-refractivity contribution in [2.24, 2.45) is 0 Å². The van der Waals surface area contributed by atoms with Crippen LogP contribution in [-0.2, 0) is 11.2 Å². The van der Waals surface area contributed by atoms with Crippen LogP contribution in [0.5, 0.6) is 0 Å². The maximum absolute atomic E-state index is 13.4. The Bertz CT molecular complexity index is 1000. The minimum Gasteiger partial charge on any atom is -0.339 e. The quantitative estimate of drug-likeness (QED) is 0.672. The molecule has 1 atom stereocenters. The Morgan fingerprint density at radius 3 is 2.89 bits per heavy atom. The van der Waals surface area contributed by atoms with Crippen molar-refractivity contribution in [3.05, 3.63) is 76.1 Å². The van der Waals surface area contributed by atoms with Gasteiger partial charge in [0.05, 0.1) is 11.4 Å². The summed E-state index contributed by atoms with van der Waals surface area (Å²) in [6.07, 6.45) is 0.829. The number of nitrogens with zero attached hydrogens (tertiary/aromatic N) is 3. The molecule has 27 heavy (non-hydrogen) atoms. The van der Waals surface area contributed by atoms with Crippen LogP contribution < -0.4 is 4.90 Å². The smallest absolute Gasteiger partial charge is 0.231 e. The fourth-order valence-corrected chi connectivity index (χ4v) is 3.43. The minimum absolute atomic E-state index is 0.0103. The van der Waals surface area contributed by atoms with Crippen LogP contribution in [0.4, 0.5) is 10.1 Å². The molecule has 1 unspecified atom stereocenters. The topological polar surface area (TPSA) is 59.2 Å². The van der Waals surface area contributed by atoms with Crippen molar-refractivity contribution in [3.63, 3.8) is 0 Å². The van der Waals surface area contributed by atoms with Crippen molar-refractivity contribution in [2.45, 2.75) is 25.7 Å². The van der Waals surface area contributed by atoms with Gasteiger partial charge in [0.2, 0.25) is 11.8 Å².